The van der Waals surface area contributed by atoms with E-state index in [1.54, 1.807) is 14.2 Å². The van der Waals surface area contributed by atoms with Crippen LogP contribution in [0.3, 0.4) is 0 Å². The number of benzene rings is 1. The van der Waals surface area contributed by atoms with Crippen LogP contribution in [0, 0.1) is 5.92 Å². The van der Waals surface area contributed by atoms with E-state index in [0.717, 1.165) is 49.8 Å². The van der Waals surface area contributed by atoms with E-state index >= 15 is 0 Å². The molecule has 7 heteroatoms. The largest absolute Gasteiger partial charge is 0.497 e. The smallest absolute Gasteiger partial charge is 0.190 e. The molecule has 0 aliphatic rings. The standard InChI is InChI=1S/C21H37N3O3.HI/c1-6-27-20(17(2)3)12-14-24-21(22-4)23-13-7-15-26-16-18-8-10-19(25-5)11-9-18;/h8-11,17,20H,6-7,12-16H2,1-5H3,(H2,22,23,24);1H. The quantitative estimate of drug-likeness (QED) is 0.184. The molecule has 0 saturated heterocycles. The van der Waals surface area contributed by atoms with Gasteiger partial charge < -0.3 is 24.8 Å². The van der Waals surface area contributed by atoms with Crippen molar-refractivity contribution in [2.24, 2.45) is 10.9 Å². The van der Waals surface area contributed by atoms with Crippen molar-refractivity contribution in [2.75, 3.05) is 40.5 Å². The second-order valence-electron chi connectivity index (χ2n) is 6.71. The van der Waals surface area contributed by atoms with Crippen molar-refractivity contribution < 1.29 is 14.2 Å². The summed E-state index contributed by atoms with van der Waals surface area (Å²) in [6.07, 6.45) is 2.17. The first-order chi connectivity index (χ1) is 13.1. The zero-order valence-corrected chi connectivity index (χ0v) is 20.3. The maximum atomic E-state index is 5.77. The SMILES string of the molecule is CCOC(CCNC(=NC)NCCCOCc1ccc(OC)cc1)C(C)C.I. The normalized spacial score (nSPS) is 12.4. The lowest BCUT2D eigenvalue weighted by molar-refractivity contribution is 0.0258. The van der Waals surface area contributed by atoms with Crippen LogP contribution in [0.2, 0.25) is 0 Å². The molecule has 0 aliphatic heterocycles. The summed E-state index contributed by atoms with van der Waals surface area (Å²) >= 11 is 0. The minimum Gasteiger partial charge on any atom is -0.497 e. The van der Waals surface area contributed by atoms with E-state index in [0.29, 0.717) is 19.1 Å². The van der Waals surface area contributed by atoms with Gasteiger partial charge in [0.25, 0.3) is 0 Å². The lowest BCUT2D eigenvalue weighted by Crippen LogP contribution is -2.39. The lowest BCUT2D eigenvalue weighted by Gasteiger charge is -2.21. The number of guanidine groups is 1. The third kappa shape index (κ3) is 11.7. The summed E-state index contributed by atoms with van der Waals surface area (Å²) in [5, 5.41) is 6.67. The van der Waals surface area contributed by atoms with Crippen molar-refractivity contribution >= 4 is 29.9 Å². The Morgan fingerprint density at radius 1 is 1.11 bits per heavy atom. The number of hydrogen-bond donors (Lipinski definition) is 2. The molecule has 0 aliphatic carbocycles. The molecule has 0 aromatic heterocycles. The third-order valence-electron chi connectivity index (χ3n) is 4.25. The van der Waals surface area contributed by atoms with E-state index in [1.165, 1.54) is 0 Å². The first-order valence-electron chi connectivity index (χ1n) is 9.87. The summed E-state index contributed by atoms with van der Waals surface area (Å²) < 4.78 is 16.6. The van der Waals surface area contributed by atoms with Crippen LogP contribution in [-0.4, -0.2) is 52.5 Å². The van der Waals surface area contributed by atoms with Crippen molar-refractivity contribution in [3.63, 3.8) is 0 Å². The first-order valence-corrected chi connectivity index (χ1v) is 9.87. The Labute approximate surface area is 187 Å². The summed E-state index contributed by atoms with van der Waals surface area (Å²) in [7, 11) is 3.46. The molecule has 0 fully saturated rings. The number of halogens is 1. The van der Waals surface area contributed by atoms with Gasteiger partial charge in [0.1, 0.15) is 5.75 Å². The van der Waals surface area contributed by atoms with Gasteiger partial charge in [-0.05, 0) is 43.4 Å². The highest BCUT2D eigenvalue weighted by Crippen LogP contribution is 2.12. The lowest BCUT2D eigenvalue weighted by atomic mass is 10.0. The highest BCUT2D eigenvalue weighted by Gasteiger charge is 2.12. The van der Waals surface area contributed by atoms with Gasteiger partial charge in [0, 0.05) is 33.4 Å². The fourth-order valence-corrected chi connectivity index (χ4v) is 2.67. The minimum atomic E-state index is 0. The van der Waals surface area contributed by atoms with Crippen LogP contribution in [-0.2, 0) is 16.1 Å². The van der Waals surface area contributed by atoms with E-state index in [1.807, 2.05) is 31.2 Å². The Morgan fingerprint density at radius 3 is 2.36 bits per heavy atom. The summed E-state index contributed by atoms with van der Waals surface area (Å²) in [6.45, 7) is 10.2. The van der Waals surface area contributed by atoms with E-state index < -0.39 is 0 Å². The highest BCUT2D eigenvalue weighted by molar-refractivity contribution is 14.0. The summed E-state index contributed by atoms with van der Waals surface area (Å²) in [5.41, 5.74) is 1.15. The predicted octanol–water partition coefficient (Wildman–Crippen LogP) is 3.84. The van der Waals surface area contributed by atoms with Crippen LogP contribution in [0.1, 0.15) is 39.2 Å². The first kappa shape index (κ1) is 26.9. The van der Waals surface area contributed by atoms with E-state index in [2.05, 4.69) is 29.5 Å². The Kier molecular flexibility index (Phi) is 16.2. The molecule has 0 radical (unpaired) electrons. The maximum absolute atomic E-state index is 5.77. The van der Waals surface area contributed by atoms with Crippen molar-refractivity contribution in [1.29, 1.82) is 0 Å². The maximum Gasteiger partial charge on any atom is 0.190 e. The average Bonchev–Trinajstić information content (AvgIpc) is 2.68. The van der Waals surface area contributed by atoms with Gasteiger partial charge >= 0.3 is 0 Å². The minimum absolute atomic E-state index is 0. The molecule has 0 bridgehead atoms. The second kappa shape index (κ2) is 16.9. The number of nitrogens with one attached hydrogen (secondary N) is 2. The Bertz CT molecular complexity index is 524. The van der Waals surface area contributed by atoms with Gasteiger partial charge in [0.2, 0.25) is 0 Å². The number of nitrogens with zero attached hydrogens (tertiary/aromatic N) is 1. The molecule has 28 heavy (non-hydrogen) atoms. The molecule has 0 amide bonds. The van der Waals surface area contributed by atoms with Gasteiger partial charge in [-0.15, -0.1) is 24.0 Å². The topological polar surface area (TPSA) is 64.1 Å². The van der Waals surface area contributed by atoms with Gasteiger partial charge in [-0.25, -0.2) is 0 Å². The Hall–Kier alpha value is -1.06. The molecule has 1 aromatic carbocycles. The monoisotopic (exact) mass is 507 g/mol. The van der Waals surface area contributed by atoms with Gasteiger partial charge in [-0.1, -0.05) is 26.0 Å². The van der Waals surface area contributed by atoms with Crippen molar-refractivity contribution in [1.82, 2.24) is 10.6 Å². The Balaban J connectivity index is 0.00000729. The fraction of sp³-hybridized carbons (Fsp3) is 0.667. The molecular weight excluding hydrogens is 469 g/mol. The zero-order valence-electron chi connectivity index (χ0n) is 18.0. The molecule has 1 atom stereocenters. The summed E-state index contributed by atoms with van der Waals surface area (Å²) in [6, 6.07) is 7.95. The van der Waals surface area contributed by atoms with Crippen molar-refractivity contribution in [3.05, 3.63) is 29.8 Å². The fourth-order valence-electron chi connectivity index (χ4n) is 2.67. The molecule has 1 aromatic rings. The Morgan fingerprint density at radius 2 is 1.79 bits per heavy atom. The van der Waals surface area contributed by atoms with Crippen LogP contribution in [0.25, 0.3) is 0 Å². The van der Waals surface area contributed by atoms with Gasteiger partial charge in [-0.2, -0.15) is 0 Å². The van der Waals surface area contributed by atoms with Crippen LogP contribution >= 0.6 is 24.0 Å². The highest BCUT2D eigenvalue weighted by atomic mass is 127. The number of hydrogen-bond acceptors (Lipinski definition) is 4. The van der Waals surface area contributed by atoms with Crippen LogP contribution in [0.15, 0.2) is 29.3 Å². The predicted molar refractivity (Wildman–Crippen MR) is 127 cm³/mol. The van der Waals surface area contributed by atoms with Crippen LogP contribution in [0.4, 0.5) is 0 Å². The molecule has 2 N–H and O–H groups in total. The third-order valence-corrected chi connectivity index (χ3v) is 4.25. The molecule has 1 unspecified atom stereocenters. The zero-order chi connectivity index (χ0) is 19.9. The van der Waals surface area contributed by atoms with Crippen molar-refractivity contribution in [2.45, 2.75) is 46.3 Å². The van der Waals surface area contributed by atoms with Gasteiger partial charge in [0.05, 0.1) is 19.8 Å². The van der Waals surface area contributed by atoms with E-state index in [9.17, 15) is 0 Å². The molecular formula is C21H38IN3O3. The van der Waals surface area contributed by atoms with Gasteiger partial charge in [0.15, 0.2) is 5.96 Å². The molecule has 0 saturated carbocycles. The van der Waals surface area contributed by atoms with Gasteiger partial charge in [-0.3, -0.25) is 4.99 Å². The van der Waals surface area contributed by atoms with Crippen LogP contribution < -0.4 is 15.4 Å². The van der Waals surface area contributed by atoms with Crippen LogP contribution in [0.5, 0.6) is 5.75 Å². The summed E-state index contributed by atoms with van der Waals surface area (Å²) in [5.74, 6) is 2.21. The molecule has 0 spiro atoms. The molecule has 162 valence electrons. The second-order valence-corrected chi connectivity index (χ2v) is 6.71. The van der Waals surface area contributed by atoms with E-state index in [4.69, 9.17) is 14.2 Å². The number of ether oxygens (including phenoxy) is 3. The van der Waals surface area contributed by atoms with Crippen molar-refractivity contribution in [3.8, 4) is 5.75 Å². The number of methoxy groups -OCH3 is 1. The number of aliphatic imine (C=N–C) groups is 1. The number of rotatable bonds is 13. The summed E-state index contributed by atoms with van der Waals surface area (Å²) in [4.78, 5) is 4.26. The average molecular weight is 507 g/mol. The molecule has 6 nitrogen and oxygen atoms in total. The van der Waals surface area contributed by atoms with E-state index in [-0.39, 0.29) is 30.1 Å². The molecule has 0 heterocycles. The molecule has 1 rings (SSSR count).